The van der Waals surface area contributed by atoms with Crippen LogP contribution in [0.1, 0.15) is 18.1 Å². The Hall–Kier alpha value is -2.70. The van der Waals surface area contributed by atoms with Gasteiger partial charge in [-0.15, -0.1) is 0 Å². The summed E-state index contributed by atoms with van der Waals surface area (Å²) in [6.07, 6.45) is 9.87. The van der Waals surface area contributed by atoms with Crippen LogP contribution in [0.15, 0.2) is 67.2 Å². The lowest BCUT2D eigenvalue weighted by Crippen LogP contribution is -2.45. The summed E-state index contributed by atoms with van der Waals surface area (Å²) in [7, 11) is 0. The van der Waals surface area contributed by atoms with Gasteiger partial charge in [0.15, 0.2) is 0 Å². The number of aromatic nitrogens is 2. The summed E-state index contributed by atoms with van der Waals surface area (Å²) < 4.78 is 15.1. The average molecular weight is 397 g/mol. The van der Waals surface area contributed by atoms with Crippen LogP contribution < -0.4 is 0 Å². The first kappa shape index (κ1) is 21.0. The number of piperazine rings is 1. The zero-order chi connectivity index (χ0) is 20.6. The lowest BCUT2D eigenvalue weighted by molar-refractivity contribution is 0.157. The molecule has 0 atom stereocenters. The molecular formula is C23H29FN4O. The fourth-order valence-electron chi connectivity index (χ4n) is 3.50. The van der Waals surface area contributed by atoms with Gasteiger partial charge in [-0.2, -0.15) is 5.10 Å². The van der Waals surface area contributed by atoms with Crippen molar-refractivity contribution < 1.29 is 9.50 Å². The lowest BCUT2D eigenvalue weighted by Gasteiger charge is -2.37. The van der Waals surface area contributed by atoms with Crippen molar-refractivity contribution in [1.82, 2.24) is 19.6 Å². The van der Waals surface area contributed by atoms with E-state index in [1.807, 2.05) is 37.5 Å². The maximum Gasteiger partial charge on any atom is 0.123 e. The minimum absolute atomic E-state index is 0.0963. The molecule has 5 nitrogen and oxygen atoms in total. The third-order valence-corrected chi connectivity index (χ3v) is 5.10. The van der Waals surface area contributed by atoms with Crippen molar-refractivity contribution in [2.75, 3.05) is 32.8 Å². The number of aliphatic hydroxyl groups excluding tert-OH is 1. The standard InChI is InChI=1S/C23H29FN4O/c1-3-4-5-23(21-6-8-22(24)9-7-21)19(2)27-12-10-26(11-13-27)17-20-16-25-28(18-20)14-15-29/h3-9,16,18,29H,2,10-15,17H2,1H3/b4-3-,23-5+. The Balaban J connectivity index is 1.61. The monoisotopic (exact) mass is 396 g/mol. The molecule has 0 spiro atoms. The van der Waals surface area contributed by atoms with E-state index >= 15 is 0 Å². The van der Waals surface area contributed by atoms with Crippen LogP contribution in [0.25, 0.3) is 5.57 Å². The minimum atomic E-state index is -0.235. The molecule has 29 heavy (non-hydrogen) atoms. The SMILES string of the molecule is C=C(/C(=C\C=C/C)c1ccc(F)cc1)N1CCN(Cc2cnn(CCO)c2)CC1. The Morgan fingerprint density at radius 3 is 2.59 bits per heavy atom. The van der Waals surface area contributed by atoms with Gasteiger partial charge in [-0.3, -0.25) is 9.58 Å². The van der Waals surface area contributed by atoms with E-state index in [0.717, 1.165) is 55.1 Å². The van der Waals surface area contributed by atoms with Gasteiger partial charge in [0.2, 0.25) is 0 Å². The molecule has 1 aliphatic rings. The maximum atomic E-state index is 13.3. The Morgan fingerprint density at radius 2 is 1.93 bits per heavy atom. The molecule has 1 aromatic carbocycles. The van der Waals surface area contributed by atoms with E-state index in [1.165, 1.54) is 12.1 Å². The van der Waals surface area contributed by atoms with Crippen LogP contribution in [0.2, 0.25) is 0 Å². The molecule has 0 radical (unpaired) electrons. The summed E-state index contributed by atoms with van der Waals surface area (Å²) in [6.45, 7) is 11.4. The molecule has 0 aliphatic carbocycles. The number of allylic oxidation sites excluding steroid dienone is 4. The highest BCUT2D eigenvalue weighted by Gasteiger charge is 2.20. The highest BCUT2D eigenvalue weighted by molar-refractivity contribution is 5.79. The van der Waals surface area contributed by atoms with E-state index in [-0.39, 0.29) is 12.4 Å². The van der Waals surface area contributed by atoms with Gasteiger partial charge in [0, 0.05) is 55.8 Å². The van der Waals surface area contributed by atoms with Crippen LogP contribution in [0.4, 0.5) is 4.39 Å². The maximum absolute atomic E-state index is 13.3. The topological polar surface area (TPSA) is 44.5 Å². The number of halogens is 1. The van der Waals surface area contributed by atoms with Crippen LogP contribution in [-0.4, -0.2) is 57.5 Å². The number of hydrogen-bond donors (Lipinski definition) is 1. The molecule has 0 bridgehead atoms. The van der Waals surface area contributed by atoms with Crippen molar-refractivity contribution in [2.24, 2.45) is 0 Å². The van der Waals surface area contributed by atoms with Gasteiger partial charge in [-0.25, -0.2) is 4.39 Å². The highest BCUT2D eigenvalue weighted by Crippen LogP contribution is 2.26. The molecular weight excluding hydrogens is 367 g/mol. The molecule has 3 rings (SSSR count). The van der Waals surface area contributed by atoms with Gasteiger partial charge in [0.25, 0.3) is 0 Å². The molecule has 2 heterocycles. The molecule has 1 N–H and O–H groups in total. The van der Waals surface area contributed by atoms with E-state index in [2.05, 4.69) is 21.5 Å². The number of aliphatic hydroxyl groups is 1. The Labute approximate surface area is 172 Å². The van der Waals surface area contributed by atoms with Gasteiger partial charge < -0.3 is 10.0 Å². The van der Waals surface area contributed by atoms with Crippen molar-refractivity contribution in [2.45, 2.75) is 20.0 Å². The van der Waals surface area contributed by atoms with Crippen LogP contribution in [-0.2, 0) is 13.1 Å². The number of rotatable bonds is 8. The first-order valence-electron chi connectivity index (χ1n) is 9.98. The summed E-state index contributed by atoms with van der Waals surface area (Å²) >= 11 is 0. The quantitative estimate of drug-likeness (QED) is 0.696. The van der Waals surface area contributed by atoms with Crippen molar-refractivity contribution >= 4 is 5.57 Å². The molecule has 1 saturated heterocycles. The van der Waals surface area contributed by atoms with E-state index in [9.17, 15) is 4.39 Å². The Morgan fingerprint density at radius 1 is 1.21 bits per heavy atom. The molecule has 1 fully saturated rings. The Kier molecular flexibility index (Phi) is 7.38. The largest absolute Gasteiger partial charge is 0.394 e. The second kappa shape index (κ2) is 10.2. The fraction of sp³-hybridized carbons (Fsp3) is 0.348. The fourth-order valence-corrected chi connectivity index (χ4v) is 3.50. The number of hydrogen-bond acceptors (Lipinski definition) is 4. The third-order valence-electron chi connectivity index (χ3n) is 5.10. The van der Waals surface area contributed by atoms with Gasteiger partial charge in [-0.05, 0) is 24.6 Å². The van der Waals surface area contributed by atoms with E-state index in [0.29, 0.717) is 6.54 Å². The zero-order valence-corrected chi connectivity index (χ0v) is 17.0. The molecule has 0 unspecified atom stereocenters. The van der Waals surface area contributed by atoms with Crippen molar-refractivity contribution in [3.8, 4) is 0 Å². The summed E-state index contributed by atoms with van der Waals surface area (Å²) in [4.78, 5) is 4.70. The molecule has 154 valence electrons. The number of benzene rings is 1. The zero-order valence-electron chi connectivity index (χ0n) is 17.0. The van der Waals surface area contributed by atoms with E-state index in [4.69, 9.17) is 5.11 Å². The van der Waals surface area contributed by atoms with Crippen LogP contribution in [0, 0.1) is 5.82 Å². The molecule has 0 saturated carbocycles. The van der Waals surface area contributed by atoms with Crippen molar-refractivity contribution in [3.63, 3.8) is 0 Å². The molecule has 0 amide bonds. The van der Waals surface area contributed by atoms with Crippen molar-refractivity contribution in [3.05, 3.63) is 84.1 Å². The lowest BCUT2D eigenvalue weighted by atomic mass is 10.0. The minimum Gasteiger partial charge on any atom is -0.394 e. The number of nitrogens with zero attached hydrogens (tertiary/aromatic N) is 4. The second-order valence-electron chi connectivity index (χ2n) is 7.16. The van der Waals surface area contributed by atoms with Gasteiger partial charge >= 0.3 is 0 Å². The predicted octanol–water partition coefficient (Wildman–Crippen LogP) is 3.31. The average Bonchev–Trinajstić information content (AvgIpc) is 3.17. The van der Waals surface area contributed by atoms with Crippen LogP contribution >= 0.6 is 0 Å². The predicted molar refractivity (Wildman–Crippen MR) is 114 cm³/mol. The van der Waals surface area contributed by atoms with Crippen molar-refractivity contribution in [1.29, 1.82) is 0 Å². The smallest absolute Gasteiger partial charge is 0.123 e. The highest BCUT2D eigenvalue weighted by atomic mass is 19.1. The summed E-state index contributed by atoms with van der Waals surface area (Å²) in [5, 5.41) is 13.3. The molecule has 6 heteroatoms. The van der Waals surface area contributed by atoms with Gasteiger partial charge in [0.05, 0.1) is 19.3 Å². The molecule has 1 aromatic heterocycles. The first-order valence-corrected chi connectivity index (χ1v) is 9.98. The summed E-state index contributed by atoms with van der Waals surface area (Å²) in [5.74, 6) is -0.235. The summed E-state index contributed by atoms with van der Waals surface area (Å²) in [6, 6.07) is 6.58. The van der Waals surface area contributed by atoms with Crippen LogP contribution in [0.5, 0.6) is 0 Å². The van der Waals surface area contributed by atoms with E-state index < -0.39 is 0 Å². The molecule has 1 aliphatic heterocycles. The van der Waals surface area contributed by atoms with E-state index in [1.54, 1.807) is 16.8 Å². The Bertz CT molecular complexity index is 861. The third kappa shape index (κ3) is 5.65. The first-order chi connectivity index (χ1) is 14.1. The normalized spacial score (nSPS) is 16.0. The second-order valence-corrected chi connectivity index (χ2v) is 7.16. The van der Waals surface area contributed by atoms with Gasteiger partial charge in [-0.1, -0.05) is 36.9 Å². The van der Waals surface area contributed by atoms with Gasteiger partial charge in [0.1, 0.15) is 5.82 Å². The van der Waals surface area contributed by atoms with Crippen LogP contribution in [0.3, 0.4) is 0 Å². The molecule has 2 aromatic rings. The summed E-state index contributed by atoms with van der Waals surface area (Å²) in [5.41, 5.74) is 4.10.